The zero-order valence-corrected chi connectivity index (χ0v) is 38.2. The molecule has 0 aromatic carbocycles. The van der Waals surface area contributed by atoms with Gasteiger partial charge < -0.3 is 21.1 Å². The van der Waals surface area contributed by atoms with Gasteiger partial charge in [-0.05, 0) is 83.5 Å². The van der Waals surface area contributed by atoms with Crippen LogP contribution in [0.15, 0.2) is 72.9 Å². The van der Waals surface area contributed by atoms with Gasteiger partial charge in [0.1, 0.15) is 0 Å². The van der Waals surface area contributed by atoms with Crippen LogP contribution in [-0.4, -0.2) is 47.8 Å². The second-order valence-corrected chi connectivity index (χ2v) is 17.0. The molecule has 0 spiro atoms. The molecule has 0 aliphatic rings. The van der Waals surface area contributed by atoms with E-state index in [-0.39, 0.29) is 25.7 Å². The number of hydrogen-bond donors (Lipinski definition) is 4. The van der Waals surface area contributed by atoms with Crippen molar-refractivity contribution in [1.29, 1.82) is 0 Å². The summed E-state index contributed by atoms with van der Waals surface area (Å²) < 4.78 is 22.1. The summed E-state index contributed by atoms with van der Waals surface area (Å²) in [5.74, 6) is -0.223. The normalized spacial score (nSPS) is 14.6. The third kappa shape index (κ3) is 42.1. The highest BCUT2D eigenvalue weighted by molar-refractivity contribution is 7.47. The van der Waals surface area contributed by atoms with Crippen LogP contribution in [0, 0.1) is 0 Å². The Morgan fingerprint density at radius 2 is 0.966 bits per heavy atom. The van der Waals surface area contributed by atoms with Gasteiger partial charge in [0.05, 0.1) is 25.4 Å². The molecule has 8 nitrogen and oxygen atoms in total. The third-order valence-corrected chi connectivity index (χ3v) is 11.0. The lowest BCUT2D eigenvalue weighted by Gasteiger charge is -2.23. The van der Waals surface area contributed by atoms with Crippen LogP contribution < -0.4 is 11.1 Å². The number of carbonyl (C=O) groups is 1. The Morgan fingerprint density at radius 1 is 0.569 bits per heavy atom. The van der Waals surface area contributed by atoms with E-state index in [9.17, 15) is 19.4 Å². The highest BCUT2D eigenvalue weighted by Gasteiger charge is 2.26. The summed E-state index contributed by atoms with van der Waals surface area (Å²) in [6.45, 7) is 4.06. The number of nitrogens with two attached hydrogens (primary N) is 1. The van der Waals surface area contributed by atoms with Gasteiger partial charge in [-0.15, -0.1) is 0 Å². The molecule has 58 heavy (non-hydrogen) atoms. The van der Waals surface area contributed by atoms with Crippen molar-refractivity contribution in [2.24, 2.45) is 5.73 Å². The first kappa shape index (κ1) is 55.9. The lowest BCUT2D eigenvalue weighted by Crippen LogP contribution is -2.45. The molecule has 9 heteroatoms. The molecule has 0 heterocycles. The summed E-state index contributed by atoms with van der Waals surface area (Å²) in [6.07, 6.45) is 58.1. The van der Waals surface area contributed by atoms with E-state index in [1.807, 2.05) is 6.08 Å². The summed E-state index contributed by atoms with van der Waals surface area (Å²) in [6, 6.07) is -0.894. The summed E-state index contributed by atoms with van der Waals surface area (Å²) in [5.41, 5.74) is 5.38. The predicted octanol–water partition coefficient (Wildman–Crippen LogP) is 13.6. The molecule has 0 saturated carbocycles. The maximum atomic E-state index is 12.8. The zero-order chi connectivity index (χ0) is 42.5. The standard InChI is InChI=1S/C49H89N2O6P/c1-3-5-7-9-11-13-15-17-19-21-23-25-26-28-30-32-34-36-38-40-42-48(52)47(46-57-58(54,55)56-45-44-50)51-49(53)43-41-39-37-35-33-31-29-27-24-22-20-18-16-14-12-10-8-6-4-2/h12,14,18,20,24-27,32,34,40,42,47-48,52H,3-11,13,15-17,19,21-23,28-31,33,35-39,41,43-46,50H2,1-2H3,(H,51,53)(H,54,55)/b14-12-,20-18-,26-25+,27-24-,34-32+,42-40+. The number of carbonyl (C=O) groups excluding carboxylic acids is 1. The molecule has 0 aromatic rings. The average Bonchev–Trinajstić information content (AvgIpc) is 3.21. The van der Waals surface area contributed by atoms with Crippen LogP contribution in [0.4, 0.5) is 0 Å². The maximum absolute atomic E-state index is 12.8. The molecule has 3 unspecified atom stereocenters. The first-order chi connectivity index (χ1) is 28.4. The largest absolute Gasteiger partial charge is 0.472 e. The Balaban J connectivity index is 4.29. The Labute approximate surface area is 357 Å². The first-order valence-electron chi connectivity index (χ1n) is 23.6. The second kappa shape index (κ2) is 44.5. The van der Waals surface area contributed by atoms with Gasteiger partial charge in [0.15, 0.2) is 0 Å². The van der Waals surface area contributed by atoms with Gasteiger partial charge in [-0.3, -0.25) is 13.8 Å². The molecule has 336 valence electrons. The fraction of sp³-hybridized carbons (Fsp3) is 0.735. The topological polar surface area (TPSA) is 131 Å². The SMILES string of the molecule is CCCCC/C=C\C/C=C\C/C=C\CCCCCCCCC(=O)NC(COP(=O)(O)OCCN)C(O)/C=C/CC/C=C/CC/C=C/CCCCCCCCCCCC. The molecule has 0 saturated heterocycles. The monoisotopic (exact) mass is 833 g/mol. The number of phosphoric acid groups is 1. The van der Waals surface area contributed by atoms with E-state index in [2.05, 4.69) is 79.9 Å². The third-order valence-electron chi connectivity index (χ3n) is 9.98. The van der Waals surface area contributed by atoms with Crippen molar-refractivity contribution in [1.82, 2.24) is 5.32 Å². The fourth-order valence-electron chi connectivity index (χ4n) is 6.40. The number of hydrogen-bond acceptors (Lipinski definition) is 6. The molecule has 3 atom stereocenters. The molecule has 0 rings (SSSR count). The van der Waals surface area contributed by atoms with Crippen LogP contribution in [0.2, 0.25) is 0 Å². The molecule has 1 amide bonds. The molecular formula is C49H89N2O6P. The molecular weight excluding hydrogens is 744 g/mol. The van der Waals surface area contributed by atoms with E-state index >= 15 is 0 Å². The number of rotatable bonds is 43. The molecule has 0 aromatic heterocycles. The summed E-state index contributed by atoms with van der Waals surface area (Å²) in [5, 5.41) is 13.7. The van der Waals surface area contributed by atoms with Crippen molar-refractivity contribution in [3.63, 3.8) is 0 Å². The highest BCUT2D eigenvalue weighted by Crippen LogP contribution is 2.43. The molecule has 0 bridgehead atoms. The number of nitrogens with one attached hydrogen (secondary N) is 1. The average molecular weight is 833 g/mol. The van der Waals surface area contributed by atoms with E-state index in [0.29, 0.717) is 6.42 Å². The van der Waals surface area contributed by atoms with Gasteiger partial charge in [-0.1, -0.05) is 183 Å². The van der Waals surface area contributed by atoms with Crippen molar-refractivity contribution in [2.75, 3.05) is 19.8 Å². The van der Waals surface area contributed by atoms with E-state index in [0.717, 1.165) is 70.6 Å². The molecule has 0 fully saturated rings. The smallest absolute Gasteiger partial charge is 0.387 e. The van der Waals surface area contributed by atoms with Crippen LogP contribution in [-0.2, 0) is 18.4 Å². The van der Waals surface area contributed by atoms with Crippen LogP contribution in [0.25, 0.3) is 0 Å². The summed E-state index contributed by atoms with van der Waals surface area (Å²) >= 11 is 0. The van der Waals surface area contributed by atoms with Crippen molar-refractivity contribution < 1.29 is 28.4 Å². The first-order valence-corrected chi connectivity index (χ1v) is 25.1. The van der Waals surface area contributed by atoms with E-state index in [4.69, 9.17) is 14.8 Å². The molecule has 0 aliphatic carbocycles. The minimum atomic E-state index is -4.36. The van der Waals surface area contributed by atoms with Crippen LogP contribution in [0.5, 0.6) is 0 Å². The van der Waals surface area contributed by atoms with E-state index in [1.165, 1.54) is 109 Å². The van der Waals surface area contributed by atoms with Crippen molar-refractivity contribution >= 4 is 13.7 Å². The lowest BCUT2D eigenvalue weighted by molar-refractivity contribution is -0.123. The molecule has 0 aliphatic heterocycles. The molecule has 0 radical (unpaired) electrons. The quantitative estimate of drug-likeness (QED) is 0.0273. The van der Waals surface area contributed by atoms with Crippen molar-refractivity contribution in [2.45, 2.75) is 212 Å². The Hall–Kier alpha value is -2.06. The number of aliphatic hydroxyl groups excluding tert-OH is 1. The van der Waals surface area contributed by atoms with Gasteiger partial charge in [0.25, 0.3) is 0 Å². The van der Waals surface area contributed by atoms with Crippen LogP contribution >= 0.6 is 7.82 Å². The number of allylic oxidation sites excluding steroid dienone is 11. The molecule has 5 N–H and O–H groups in total. The Kier molecular flexibility index (Phi) is 42.9. The number of unbranched alkanes of at least 4 members (excludes halogenated alkanes) is 21. The minimum absolute atomic E-state index is 0.0661. The Morgan fingerprint density at radius 3 is 1.48 bits per heavy atom. The van der Waals surface area contributed by atoms with Gasteiger partial charge in [-0.2, -0.15) is 0 Å². The van der Waals surface area contributed by atoms with Crippen molar-refractivity contribution in [3.8, 4) is 0 Å². The number of phosphoric ester groups is 1. The number of amides is 1. The highest BCUT2D eigenvalue weighted by atomic mass is 31.2. The Bertz CT molecular complexity index is 1130. The van der Waals surface area contributed by atoms with Gasteiger partial charge in [-0.25, -0.2) is 4.57 Å². The van der Waals surface area contributed by atoms with Crippen LogP contribution in [0.1, 0.15) is 200 Å². The van der Waals surface area contributed by atoms with E-state index < -0.39 is 20.0 Å². The zero-order valence-electron chi connectivity index (χ0n) is 37.3. The fourth-order valence-corrected chi connectivity index (χ4v) is 7.16. The van der Waals surface area contributed by atoms with E-state index in [1.54, 1.807) is 6.08 Å². The predicted molar refractivity (Wildman–Crippen MR) is 249 cm³/mol. The summed E-state index contributed by atoms with van der Waals surface area (Å²) in [4.78, 5) is 22.7. The van der Waals surface area contributed by atoms with Gasteiger partial charge >= 0.3 is 7.82 Å². The maximum Gasteiger partial charge on any atom is 0.472 e. The van der Waals surface area contributed by atoms with Crippen LogP contribution in [0.3, 0.4) is 0 Å². The minimum Gasteiger partial charge on any atom is -0.387 e. The lowest BCUT2D eigenvalue weighted by atomic mass is 10.1. The van der Waals surface area contributed by atoms with Gasteiger partial charge in [0.2, 0.25) is 5.91 Å². The second-order valence-electron chi connectivity index (χ2n) is 15.6. The number of aliphatic hydroxyl groups is 1. The van der Waals surface area contributed by atoms with Crippen molar-refractivity contribution in [3.05, 3.63) is 72.9 Å². The van der Waals surface area contributed by atoms with Gasteiger partial charge in [0, 0.05) is 13.0 Å². The summed E-state index contributed by atoms with van der Waals surface area (Å²) in [7, 11) is -4.36.